The summed E-state index contributed by atoms with van der Waals surface area (Å²) in [6.07, 6.45) is -0.117. The number of hydrogen-bond donors (Lipinski definition) is 2. The number of amides is 3. The van der Waals surface area contributed by atoms with Gasteiger partial charge >= 0.3 is 0 Å². The first-order valence-electron chi connectivity index (χ1n) is 13.7. The molecule has 208 valence electrons. The number of piperazine rings is 2. The lowest BCUT2D eigenvalue weighted by Crippen LogP contribution is -2.60. The van der Waals surface area contributed by atoms with Crippen LogP contribution in [0.4, 0.5) is 5.69 Å². The molecule has 8 nitrogen and oxygen atoms in total. The van der Waals surface area contributed by atoms with Crippen LogP contribution in [0.1, 0.15) is 23.6 Å². The average Bonchev–Trinajstić information content (AvgIpc) is 2.96. The van der Waals surface area contributed by atoms with Gasteiger partial charge in [-0.3, -0.25) is 24.2 Å². The van der Waals surface area contributed by atoms with Gasteiger partial charge in [0.25, 0.3) is 0 Å². The maximum atomic E-state index is 13.4. The van der Waals surface area contributed by atoms with E-state index in [4.69, 9.17) is 11.6 Å². The summed E-state index contributed by atoms with van der Waals surface area (Å²) in [7, 11) is 0. The lowest BCUT2D eigenvalue weighted by Gasteiger charge is -2.41. The van der Waals surface area contributed by atoms with Gasteiger partial charge < -0.3 is 15.5 Å². The number of hydrogen-bond acceptors (Lipinski definition) is 5. The summed E-state index contributed by atoms with van der Waals surface area (Å²) in [6, 6.07) is 27.1. The second-order valence-electron chi connectivity index (χ2n) is 10.2. The molecule has 0 saturated carbocycles. The van der Waals surface area contributed by atoms with Crippen molar-refractivity contribution in [3.63, 3.8) is 0 Å². The zero-order valence-electron chi connectivity index (χ0n) is 22.3. The maximum Gasteiger partial charge on any atom is 0.243 e. The summed E-state index contributed by atoms with van der Waals surface area (Å²) in [5.74, 6) is -0.783. The van der Waals surface area contributed by atoms with E-state index >= 15 is 0 Å². The molecule has 9 heteroatoms. The molecule has 0 radical (unpaired) electrons. The summed E-state index contributed by atoms with van der Waals surface area (Å²) in [4.78, 5) is 45.0. The summed E-state index contributed by atoms with van der Waals surface area (Å²) >= 11 is 6.01. The lowest BCUT2D eigenvalue weighted by atomic mass is 9.96. The monoisotopic (exact) mass is 559 g/mol. The van der Waals surface area contributed by atoms with Gasteiger partial charge in [-0.25, -0.2) is 0 Å². The van der Waals surface area contributed by atoms with E-state index in [1.807, 2.05) is 12.1 Å². The van der Waals surface area contributed by atoms with Gasteiger partial charge in [0.1, 0.15) is 6.04 Å². The first-order valence-corrected chi connectivity index (χ1v) is 14.0. The normalized spacial score (nSPS) is 18.4. The van der Waals surface area contributed by atoms with Gasteiger partial charge in [-0.2, -0.15) is 0 Å². The van der Waals surface area contributed by atoms with Crippen molar-refractivity contribution in [1.29, 1.82) is 0 Å². The van der Waals surface area contributed by atoms with Crippen molar-refractivity contribution in [3.05, 3.63) is 101 Å². The molecule has 2 aliphatic heterocycles. The first-order chi connectivity index (χ1) is 19.5. The predicted molar refractivity (Wildman–Crippen MR) is 156 cm³/mol. The van der Waals surface area contributed by atoms with Crippen LogP contribution in [0.2, 0.25) is 5.02 Å². The molecule has 2 saturated heterocycles. The highest BCUT2D eigenvalue weighted by Crippen LogP contribution is 2.29. The van der Waals surface area contributed by atoms with Gasteiger partial charge in [-0.15, -0.1) is 0 Å². The summed E-state index contributed by atoms with van der Waals surface area (Å²) in [5, 5.41) is 6.07. The van der Waals surface area contributed by atoms with E-state index in [0.29, 0.717) is 23.8 Å². The predicted octanol–water partition coefficient (Wildman–Crippen LogP) is 3.40. The van der Waals surface area contributed by atoms with Crippen molar-refractivity contribution < 1.29 is 14.4 Å². The highest BCUT2D eigenvalue weighted by atomic mass is 35.5. The van der Waals surface area contributed by atoms with Crippen molar-refractivity contribution in [1.82, 2.24) is 20.0 Å². The number of rotatable bonds is 8. The van der Waals surface area contributed by atoms with Crippen molar-refractivity contribution in [2.45, 2.75) is 18.5 Å². The summed E-state index contributed by atoms with van der Waals surface area (Å²) in [6.45, 7) is 4.07. The van der Waals surface area contributed by atoms with Crippen molar-refractivity contribution >= 4 is 35.0 Å². The molecular formula is C31H34ClN5O3. The fourth-order valence-corrected chi connectivity index (χ4v) is 5.71. The molecule has 0 unspecified atom stereocenters. The minimum absolute atomic E-state index is 0.117. The molecule has 0 bridgehead atoms. The molecule has 2 N–H and O–H groups in total. The summed E-state index contributed by atoms with van der Waals surface area (Å²) in [5.41, 5.74) is 3.04. The van der Waals surface area contributed by atoms with Gasteiger partial charge in [0, 0.05) is 50.0 Å². The van der Waals surface area contributed by atoms with Crippen molar-refractivity contribution in [3.8, 4) is 0 Å². The van der Waals surface area contributed by atoms with Gasteiger partial charge in [0.05, 0.1) is 19.0 Å². The second kappa shape index (κ2) is 13.1. The molecule has 0 spiro atoms. The molecule has 2 heterocycles. The number of halogens is 1. The Labute approximate surface area is 239 Å². The Balaban J connectivity index is 1.19. The van der Waals surface area contributed by atoms with E-state index in [0.717, 1.165) is 26.2 Å². The van der Waals surface area contributed by atoms with Crippen LogP contribution in [-0.2, 0) is 14.4 Å². The molecular weight excluding hydrogens is 526 g/mol. The fourth-order valence-electron chi connectivity index (χ4n) is 5.52. The fraction of sp³-hybridized carbons (Fsp3) is 0.323. The van der Waals surface area contributed by atoms with Gasteiger partial charge in [-0.05, 0) is 29.3 Å². The van der Waals surface area contributed by atoms with E-state index in [-0.39, 0.29) is 36.7 Å². The van der Waals surface area contributed by atoms with Crippen LogP contribution in [0.5, 0.6) is 0 Å². The third-order valence-electron chi connectivity index (χ3n) is 7.50. The maximum absolute atomic E-state index is 13.4. The molecule has 2 fully saturated rings. The van der Waals surface area contributed by atoms with E-state index in [9.17, 15) is 14.4 Å². The van der Waals surface area contributed by atoms with E-state index < -0.39 is 6.04 Å². The Morgan fingerprint density at radius 3 is 2.15 bits per heavy atom. The Morgan fingerprint density at radius 1 is 0.875 bits per heavy atom. The van der Waals surface area contributed by atoms with Gasteiger partial charge in [0.2, 0.25) is 17.7 Å². The molecule has 3 amide bonds. The Morgan fingerprint density at radius 2 is 1.52 bits per heavy atom. The minimum Gasteiger partial charge on any atom is -0.353 e. The Bertz CT molecular complexity index is 1280. The number of nitrogens with one attached hydrogen (secondary N) is 2. The quantitative estimate of drug-likeness (QED) is 0.442. The van der Waals surface area contributed by atoms with Crippen LogP contribution in [-0.4, -0.2) is 84.3 Å². The third-order valence-corrected chi connectivity index (χ3v) is 7.73. The van der Waals surface area contributed by atoms with E-state index in [1.54, 1.807) is 29.2 Å². The summed E-state index contributed by atoms with van der Waals surface area (Å²) < 4.78 is 0. The van der Waals surface area contributed by atoms with Gasteiger partial charge in [0.15, 0.2) is 0 Å². The van der Waals surface area contributed by atoms with E-state index in [1.165, 1.54) is 11.1 Å². The molecule has 0 aromatic heterocycles. The molecule has 5 rings (SSSR count). The number of anilines is 1. The number of benzene rings is 3. The third kappa shape index (κ3) is 6.88. The van der Waals surface area contributed by atoms with Crippen LogP contribution in [0, 0.1) is 0 Å². The van der Waals surface area contributed by atoms with Crippen LogP contribution < -0.4 is 10.6 Å². The van der Waals surface area contributed by atoms with Crippen LogP contribution in [0.15, 0.2) is 84.9 Å². The van der Waals surface area contributed by atoms with Gasteiger partial charge in [-0.1, -0.05) is 78.3 Å². The Kier molecular flexibility index (Phi) is 9.11. The topological polar surface area (TPSA) is 85.0 Å². The largest absolute Gasteiger partial charge is 0.353 e. The average molecular weight is 560 g/mol. The van der Waals surface area contributed by atoms with Crippen LogP contribution in [0.25, 0.3) is 0 Å². The molecule has 0 aliphatic carbocycles. The highest BCUT2D eigenvalue weighted by molar-refractivity contribution is 6.30. The van der Waals surface area contributed by atoms with Crippen LogP contribution >= 0.6 is 11.6 Å². The number of carbonyl (C=O) groups excluding carboxylic acids is 3. The minimum atomic E-state index is -0.845. The zero-order valence-corrected chi connectivity index (χ0v) is 23.1. The number of nitrogens with zero attached hydrogens (tertiary/aromatic N) is 3. The van der Waals surface area contributed by atoms with Crippen molar-refractivity contribution in [2.75, 3.05) is 51.1 Å². The number of carbonyl (C=O) groups is 3. The van der Waals surface area contributed by atoms with Crippen molar-refractivity contribution in [2.24, 2.45) is 0 Å². The molecule has 3 aromatic carbocycles. The molecule has 2 aliphatic rings. The Hall–Kier alpha value is -3.72. The smallest absolute Gasteiger partial charge is 0.243 e. The standard InChI is InChI=1S/C31H34ClN5O3/c32-25-12-7-13-26(20-25)34-28(38)21-27-31(40)33-14-15-37(27)29(39)22-35-16-18-36(19-17-35)30(23-8-3-1-4-9-23)24-10-5-2-6-11-24/h1-13,20,27,30H,14-19,21-22H2,(H,33,40)(H,34,38)/t27-/m1/s1. The zero-order chi connectivity index (χ0) is 27.9. The first kappa shape index (κ1) is 27.8. The molecule has 3 aromatic rings. The SMILES string of the molecule is O=C(C[C@@H]1C(=O)NCCN1C(=O)CN1CCN(C(c2ccccc2)c2ccccc2)CC1)Nc1cccc(Cl)c1. The molecule has 40 heavy (non-hydrogen) atoms. The van der Waals surface area contributed by atoms with E-state index in [2.05, 4.69) is 69.0 Å². The molecule has 1 atom stereocenters. The second-order valence-corrected chi connectivity index (χ2v) is 10.6. The highest BCUT2D eigenvalue weighted by Gasteiger charge is 2.36. The lowest BCUT2D eigenvalue weighted by molar-refractivity contribution is -0.145. The van der Waals surface area contributed by atoms with Crippen LogP contribution in [0.3, 0.4) is 0 Å².